The molecule has 3 aromatic rings. The van der Waals surface area contributed by atoms with Crippen molar-refractivity contribution in [2.75, 3.05) is 45.2 Å². The molecule has 1 fully saturated rings. The molecule has 1 aliphatic rings. The minimum atomic E-state index is 0.824. The van der Waals surface area contributed by atoms with Crippen LogP contribution in [0.1, 0.15) is 5.56 Å². The fourth-order valence-electron chi connectivity index (χ4n) is 3.51. The normalized spacial score (nSPS) is 15.4. The van der Waals surface area contributed by atoms with Gasteiger partial charge in [0, 0.05) is 61.3 Å². The molecule has 5 heteroatoms. The van der Waals surface area contributed by atoms with Gasteiger partial charge in [-0.25, -0.2) is 4.98 Å². The van der Waals surface area contributed by atoms with Crippen LogP contribution in [0.5, 0.6) is 5.75 Å². The standard InChI is InChI=1S/C21H24N4O/c1-15-11-19(16-5-4-6-22-14-16)23-21-18(15)12-17(13-20(21)26-3)25-9-7-24(2)8-10-25/h4-6,11-14H,7-10H2,1-3H3. The van der Waals surface area contributed by atoms with Crippen molar-refractivity contribution in [2.45, 2.75) is 6.92 Å². The highest BCUT2D eigenvalue weighted by atomic mass is 16.5. The summed E-state index contributed by atoms with van der Waals surface area (Å²) in [6.07, 6.45) is 3.62. The van der Waals surface area contributed by atoms with Gasteiger partial charge in [0.2, 0.25) is 0 Å². The first kappa shape index (κ1) is 16.8. The molecule has 26 heavy (non-hydrogen) atoms. The number of methoxy groups -OCH3 is 1. The van der Waals surface area contributed by atoms with Crippen LogP contribution in [-0.4, -0.2) is 55.2 Å². The predicted molar refractivity (Wildman–Crippen MR) is 106 cm³/mol. The molecule has 0 aliphatic carbocycles. The third kappa shape index (κ3) is 3.10. The Morgan fingerprint density at radius 2 is 1.88 bits per heavy atom. The van der Waals surface area contributed by atoms with Crippen molar-refractivity contribution < 1.29 is 4.74 Å². The number of rotatable bonds is 3. The van der Waals surface area contributed by atoms with Crippen molar-refractivity contribution in [1.29, 1.82) is 0 Å². The largest absolute Gasteiger partial charge is 0.494 e. The molecular weight excluding hydrogens is 324 g/mol. The van der Waals surface area contributed by atoms with Gasteiger partial charge in [-0.15, -0.1) is 0 Å². The van der Waals surface area contributed by atoms with Gasteiger partial charge in [0.15, 0.2) is 0 Å². The first-order valence-corrected chi connectivity index (χ1v) is 8.99. The summed E-state index contributed by atoms with van der Waals surface area (Å²) >= 11 is 0. The molecule has 4 rings (SSSR count). The average molecular weight is 348 g/mol. The van der Waals surface area contributed by atoms with Crippen molar-refractivity contribution in [1.82, 2.24) is 14.9 Å². The monoisotopic (exact) mass is 348 g/mol. The van der Waals surface area contributed by atoms with E-state index in [1.165, 1.54) is 11.3 Å². The maximum Gasteiger partial charge on any atom is 0.147 e. The fraction of sp³-hybridized carbons (Fsp3) is 0.333. The van der Waals surface area contributed by atoms with Gasteiger partial charge in [-0.05, 0) is 43.8 Å². The summed E-state index contributed by atoms with van der Waals surface area (Å²) in [7, 11) is 3.89. The van der Waals surface area contributed by atoms with Crippen molar-refractivity contribution in [3.05, 3.63) is 48.3 Å². The van der Waals surface area contributed by atoms with Crippen LogP contribution in [0, 0.1) is 6.92 Å². The smallest absolute Gasteiger partial charge is 0.147 e. The Balaban J connectivity index is 1.81. The molecule has 1 saturated heterocycles. The van der Waals surface area contributed by atoms with E-state index in [9.17, 15) is 0 Å². The summed E-state index contributed by atoms with van der Waals surface area (Å²) in [6, 6.07) is 10.5. The van der Waals surface area contributed by atoms with E-state index in [-0.39, 0.29) is 0 Å². The fourth-order valence-corrected chi connectivity index (χ4v) is 3.51. The molecule has 0 bridgehead atoms. The SMILES string of the molecule is COc1cc(N2CCN(C)CC2)cc2c(C)cc(-c3cccnc3)nc12. The summed E-state index contributed by atoms with van der Waals surface area (Å²) in [5.41, 5.74) is 5.25. The summed E-state index contributed by atoms with van der Waals surface area (Å²) in [4.78, 5) is 13.9. The number of aryl methyl sites for hydroxylation is 1. The number of nitrogens with zero attached hydrogens (tertiary/aromatic N) is 4. The van der Waals surface area contributed by atoms with E-state index in [1.807, 2.05) is 18.3 Å². The zero-order valence-electron chi connectivity index (χ0n) is 15.6. The molecule has 3 heterocycles. The summed E-state index contributed by atoms with van der Waals surface area (Å²) in [5.74, 6) is 0.824. The van der Waals surface area contributed by atoms with Crippen molar-refractivity contribution in [3.8, 4) is 17.0 Å². The van der Waals surface area contributed by atoms with Crippen LogP contribution >= 0.6 is 0 Å². The topological polar surface area (TPSA) is 41.5 Å². The van der Waals surface area contributed by atoms with Crippen LogP contribution in [0.3, 0.4) is 0 Å². The molecule has 2 aromatic heterocycles. The molecule has 0 radical (unpaired) electrons. The maximum absolute atomic E-state index is 5.71. The van der Waals surface area contributed by atoms with Crippen LogP contribution in [0.4, 0.5) is 5.69 Å². The minimum Gasteiger partial charge on any atom is -0.494 e. The Kier molecular flexibility index (Phi) is 4.47. The maximum atomic E-state index is 5.71. The first-order chi connectivity index (χ1) is 12.7. The number of hydrogen-bond acceptors (Lipinski definition) is 5. The lowest BCUT2D eigenvalue weighted by Crippen LogP contribution is -2.44. The highest BCUT2D eigenvalue weighted by molar-refractivity contribution is 5.92. The van der Waals surface area contributed by atoms with E-state index in [1.54, 1.807) is 13.3 Å². The Morgan fingerprint density at radius 3 is 2.58 bits per heavy atom. The molecule has 1 aromatic carbocycles. The summed E-state index contributed by atoms with van der Waals surface area (Å²) < 4.78 is 5.71. The molecule has 134 valence electrons. The van der Waals surface area contributed by atoms with Crippen molar-refractivity contribution >= 4 is 16.6 Å². The third-order valence-electron chi connectivity index (χ3n) is 5.12. The van der Waals surface area contributed by atoms with Crippen molar-refractivity contribution in [3.63, 3.8) is 0 Å². The lowest BCUT2D eigenvalue weighted by molar-refractivity contribution is 0.312. The second-order valence-corrected chi connectivity index (χ2v) is 6.90. The van der Waals surface area contributed by atoms with Crippen LogP contribution in [0.2, 0.25) is 0 Å². The summed E-state index contributed by atoms with van der Waals surface area (Å²) in [6.45, 7) is 6.36. The number of aromatic nitrogens is 2. The zero-order chi connectivity index (χ0) is 18.1. The van der Waals surface area contributed by atoms with Crippen molar-refractivity contribution in [2.24, 2.45) is 0 Å². The Hall–Kier alpha value is -2.66. The molecule has 0 N–H and O–H groups in total. The Bertz CT molecular complexity index is 918. The number of benzene rings is 1. The number of piperazine rings is 1. The van der Waals surface area contributed by atoms with E-state index in [4.69, 9.17) is 9.72 Å². The number of ether oxygens (including phenoxy) is 1. The van der Waals surface area contributed by atoms with Gasteiger partial charge in [0.25, 0.3) is 0 Å². The van der Waals surface area contributed by atoms with Gasteiger partial charge in [-0.1, -0.05) is 0 Å². The molecule has 0 atom stereocenters. The second-order valence-electron chi connectivity index (χ2n) is 6.90. The minimum absolute atomic E-state index is 0.824. The molecule has 0 amide bonds. The van der Waals surface area contributed by atoms with Gasteiger partial charge in [-0.2, -0.15) is 0 Å². The van der Waals surface area contributed by atoms with Gasteiger partial charge >= 0.3 is 0 Å². The van der Waals surface area contributed by atoms with Gasteiger partial charge in [-0.3, -0.25) is 4.98 Å². The first-order valence-electron chi connectivity index (χ1n) is 8.99. The van der Waals surface area contributed by atoms with Gasteiger partial charge in [0.1, 0.15) is 11.3 Å². The third-order valence-corrected chi connectivity index (χ3v) is 5.12. The van der Waals surface area contributed by atoms with E-state index in [0.29, 0.717) is 0 Å². The second kappa shape index (κ2) is 6.92. The molecule has 0 saturated carbocycles. The summed E-state index contributed by atoms with van der Waals surface area (Å²) in [5, 5.41) is 1.14. The van der Waals surface area contributed by atoms with Gasteiger partial charge in [0.05, 0.1) is 12.8 Å². The zero-order valence-corrected chi connectivity index (χ0v) is 15.6. The lowest BCUT2D eigenvalue weighted by Gasteiger charge is -2.34. The van der Waals surface area contributed by atoms with E-state index < -0.39 is 0 Å². The molecule has 0 spiro atoms. The quantitative estimate of drug-likeness (QED) is 0.726. The van der Waals surface area contributed by atoms with E-state index >= 15 is 0 Å². The van der Waals surface area contributed by atoms with Crippen LogP contribution in [0.25, 0.3) is 22.2 Å². The number of fused-ring (bicyclic) bond motifs is 1. The van der Waals surface area contributed by atoms with Crippen LogP contribution in [-0.2, 0) is 0 Å². The van der Waals surface area contributed by atoms with Crippen LogP contribution < -0.4 is 9.64 Å². The average Bonchev–Trinajstić information content (AvgIpc) is 2.68. The lowest BCUT2D eigenvalue weighted by atomic mass is 10.0. The van der Waals surface area contributed by atoms with E-state index in [0.717, 1.165) is 54.1 Å². The number of anilines is 1. The molecule has 0 unspecified atom stereocenters. The van der Waals surface area contributed by atoms with E-state index in [2.05, 4.69) is 47.0 Å². The number of likely N-dealkylation sites (N-methyl/N-ethyl adjacent to an activating group) is 1. The van der Waals surface area contributed by atoms with Crippen LogP contribution in [0.15, 0.2) is 42.7 Å². The highest BCUT2D eigenvalue weighted by Crippen LogP contribution is 2.34. The van der Waals surface area contributed by atoms with Gasteiger partial charge < -0.3 is 14.5 Å². The Morgan fingerprint density at radius 1 is 1.08 bits per heavy atom. The predicted octanol–water partition coefficient (Wildman–Crippen LogP) is 3.37. The number of pyridine rings is 2. The Labute approximate surface area is 154 Å². The highest BCUT2D eigenvalue weighted by Gasteiger charge is 2.18. The molecular formula is C21H24N4O. The molecule has 1 aliphatic heterocycles. The molecule has 5 nitrogen and oxygen atoms in total. The number of hydrogen-bond donors (Lipinski definition) is 0.